The van der Waals surface area contributed by atoms with Crippen LogP contribution in [0.25, 0.3) is 0 Å². The lowest BCUT2D eigenvalue weighted by atomic mass is 10.2. The number of esters is 1. The standard InChI is InChI=1S/C18H34ClNO5/c1-14(2)18(21)24-12-10-22-9-11-23-17(25-13-19)7-8-20(15(3)4)16(5)6/h15-17H,1,7-13H2,2-6H3. The molecule has 148 valence electrons. The van der Waals surface area contributed by atoms with Gasteiger partial charge in [-0.15, -0.1) is 0 Å². The van der Waals surface area contributed by atoms with E-state index in [1.165, 1.54) is 0 Å². The summed E-state index contributed by atoms with van der Waals surface area (Å²) in [5.74, 6) is -0.407. The molecule has 0 radical (unpaired) electrons. The van der Waals surface area contributed by atoms with Gasteiger partial charge >= 0.3 is 5.97 Å². The number of carbonyl (C=O) groups excluding carboxylic acids is 1. The van der Waals surface area contributed by atoms with Crippen LogP contribution in [0, 0.1) is 0 Å². The first-order chi connectivity index (χ1) is 11.8. The molecular formula is C18H34ClNO5. The molecule has 0 aliphatic heterocycles. The maximum atomic E-state index is 11.2. The Bertz CT molecular complexity index is 368. The molecule has 1 atom stereocenters. The Morgan fingerprint density at radius 2 is 1.64 bits per heavy atom. The highest BCUT2D eigenvalue weighted by Gasteiger charge is 2.17. The smallest absolute Gasteiger partial charge is 0.333 e. The minimum atomic E-state index is -0.407. The highest BCUT2D eigenvalue weighted by atomic mass is 35.5. The van der Waals surface area contributed by atoms with Crippen molar-refractivity contribution in [3.63, 3.8) is 0 Å². The first kappa shape index (κ1) is 24.3. The molecular weight excluding hydrogens is 346 g/mol. The number of carbonyl (C=O) groups is 1. The highest BCUT2D eigenvalue weighted by Crippen LogP contribution is 2.10. The van der Waals surface area contributed by atoms with Crippen LogP contribution >= 0.6 is 11.6 Å². The molecule has 6 nitrogen and oxygen atoms in total. The fourth-order valence-corrected chi connectivity index (χ4v) is 2.45. The molecule has 0 saturated carbocycles. The normalized spacial score (nSPS) is 12.8. The second-order valence-electron chi connectivity index (χ2n) is 6.32. The van der Waals surface area contributed by atoms with Crippen LogP contribution < -0.4 is 0 Å². The second kappa shape index (κ2) is 14.5. The summed E-state index contributed by atoms with van der Waals surface area (Å²) in [6.07, 6.45) is 0.376. The Morgan fingerprint density at radius 1 is 1.04 bits per heavy atom. The van der Waals surface area contributed by atoms with Gasteiger partial charge in [-0.2, -0.15) is 0 Å². The predicted molar refractivity (Wildman–Crippen MR) is 99.7 cm³/mol. The van der Waals surface area contributed by atoms with Crippen LogP contribution in [0.15, 0.2) is 12.2 Å². The predicted octanol–water partition coefficient (Wildman–Crippen LogP) is 3.19. The topological polar surface area (TPSA) is 57.2 Å². The van der Waals surface area contributed by atoms with E-state index >= 15 is 0 Å². The lowest BCUT2D eigenvalue weighted by Crippen LogP contribution is -2.39. The van der Waals surface area contributed by atoms with Crippen molar-refractivity contribution in [1.82, 2.24) is 4.90 Å². The molecule has 0 heterocycles. The first-order valence-corrected chi connectivity index (χ1v) is 9.28. The van der Waals surface area contributed by atoms with Crippen LogP contribution in [0.3, 0.4) is 0 Å². The number of halogens is 1. The van der Waals surface area contributed by atoms with Gasteiger partial charge in [0.1, 0.15) is 12.7 Å². The van der Waals surface area contributed by atoms with Gasteiger partial charge in [-0.25, -0.2) is 4.79 Å². The Hall–Kier alpha value is -0.660. The van der Waals surface area contributed by atoms with Gasteiger partial charge in [0, 0.05) is 30.6 Å². The van der Waals surface area contributed by atoms with E-state index in [-0.39, 0.29) is 19.0 Å². The van der Waals surface area contributed by atoms with Crippen LogP contribution in [-0.2, 0) is 23.7 Å². The average Bonchev–Trinajstić information content (AvgIpc) is 2.52. The van der Waals surface area contributed by atoms with E-state index in [0.717, 1.165) is 13.0 Å². The van der Waals surface area contributed by atoms with Gasteiger partial charge in [-0.3, -0.25) is 4.90 Å². The highest BCUT2D eigenvalue weighted by molar-refractivity contribution is 6.17. The number of ether oxygens (including phenoxy) is 4. The molecule has 7 heteroatoms. The van der Waals surface area contributed by atoms with Crippen molar-refractivity contribution in [2.45, 2.75) is 59.4 Å². The maximum absolute atomic E-state index is 11.2. The van der Waals surface area contributed by atoms with Crippen molar-refractivity contribution < 1.29 is 23.7 Å². The van der Waals surface area contributed by atoms with Crippen molar-refractivity contribution >= 4 is 17.6 Å². The molecule has 25 heavy (non-hydrogen) atoms. The number of rotatable bonds is 15. The molecule has 0 amide bonds. The monoisotopic (exact) mass is 379 g/mol. The third kappa shape index (κ3) is 12.3. The molecule has 0 bridgehead atoms. The third-order valence-electron chi connectivity index (χ3n) is 3.54. The van der Waals surface area contributed by atoms with Gasteiger partial charge in [0.05, 0.1) is 19.8 Å². The zero-order valence-corrected chi connectivity index (χ0v) is 17.0. The lowest BCUT2D eigenvalue weighted by molar-refractivity contribution is -0.148. The summed E-state index contributed by atoms with van der Waals surface area (Å²) in [6, 6.07) is 1.01. The van der Waals surface area contributed by atoms with E-state index in [1.54, 1.807) is 6.92 Å². The van der Waals surface area contributed by atoms with Crippen LogP contribution in [0.4, 0.5) is 0 Å². The molecule has 0 spiro atoms. The summed E-state index contributed by atoms with van der Waals surface area (Å²) >= 11 is 5.67. The maximum Gasteiger partial charge on any atom is 0.333 e. The van der Waals surface area contributed by atoms with E-state index < -0.39 is 5.97 Å². The van der Waals surface area contributed by atoms with Gasteiger partial charge in [0.15, 0.2) is 6.29 Å². The van der Waals surface area contributed by atoms with E-state index in [2.05, 4.69) is 39.2 Å². The molecule has 1 unspecified atom stereocenters. The van der Waals surface area contributed by atoms with Gasteiger partial charge in [0.2, 0.25) is 0 Å². The van der Waals surface area contributed by atoms with Gasteiger partial charge < -0.3 is 18.9 Å². The van der Waals surface area contributed by atoms with Crippen LogP contribution in [0.1, 0.15) is 41.0 Å². The van der Waals surface area contributed by atoms with Gasteiger partial charge in [-0.1, -0.05) is 18.2 Å². The first-order valence-electron chi connectivity index (χ1n) is 8.74. The quantitative estimate of drug-likeness (QED) is 0.143. The van der Waals surface area contributed by atoms with Crippen LogP contribution in [0.2, 0.25) is 0 Å². The molecule has 0 saturated heterocycles. The van der Waals surface area contributed by atoms with E-state index in [4.69, 9.17) is 30.5 Å². The second-order valence-corrected chi connectivity index (χ2v) is 6.54. The fourth-order valence-electron chi connectivity index (χ4n) is 2.31. The Kier molecular flexibility index (Phi) is 14.1. The summed E-state index contributed by atoms with van der Waals surface area (Å²) in [7, 11) is 0. The van der Waals surface area contributed by atoms with Crippen molar-refractivity contribution in [1.29, 1.82) is 0 Å². The van der Waals surface area contributed by atoms with Crippen molar-refractivity contribution in [2.24, 2.45) is 0 Å². The Labute approximate surface area is 157 Å². The number of hydrogen-bond donors (Lipinski definition) is 0. The van der Waals surface area contributed by atoms with Crippen molar-refractivity contribution in [3.8, 4) is 0 Å². The minimum absolute atomic E-state index is 0.0890. The molecule has 0 aromatic heterocycles. The summed E-state index contributed by atoms with van der Waals surface area (Å²) < 4.78 is 21.4. The number of hydrogen-bond acceptors (Lipinski definition) is 6. The van der Waals surface area contributed by atoms with Gasteiger partial charge in [0.25, 0.3) is 0 Å². The molecule has 0 aromatic carbocycles. The Morgan fingerprint density at radius 3 is 2.16 bits per heavy atom. The zero-order chi connectivity index (χ0) is 19.2. The molecule has 0 aromatic rings. The van der Waals surface area contributed by atoms with Crippen LogP contribution in [-0.4, -0.2) is 68.3 Å². The summed E-state index contributed by atoms with van der Waals surface area (Å²) in [5, 5.41) is 0. The molecule has 0 rings (SSSR count). The minimum Gasteiger partial charge on any atom is -0.460 e. The summed E-state index contributed by atoms with van der Waals surface area (Å²) in [5.41, 5.74) is 0.376. The summed E-state index contributed by atoms with van der Waals surface area (Å²) in [6.45, 7) is 16.0. The molecule has 0 fully saturated rings. The number of alkyl halides is 1. The largest absolute Gasteiger partial charge is 0.460 e. The molecule has 0 N–H and O–H groups in total. The summed E-state index contributed by atoms with van der Waals surface area (Å²) in [4.78, 5) is 13.6. The van der Waals surface area contributed by atoms with Gasteiger partial charge in [-0.05, 0) is 34.6 Å². The number of nitrogens with zero attached hydrogens (tertiary/aromatic N) is 1. The van der Waals surface area contributed by atoms with Crippen LogP contribution in [0.5, 0.6) is 0 Å². The Balaban J connectivity index is 3.93. The SMILES string of the molecule is C=C(C)C(=O)OCCOCCOC(CCN(C(C)C)C(C)C)OCCl. The fraction of sp³-hybridized carbons (Fsp3) is 0.833. The van der Waals surface area contributed by atoms with E-state index in [9.17, 15) is 4.79 Å². The zero-order valence-electron chi connectivity index (χ0n) is 16.3. The molecule has 0 aliphatic carbocycles. The van der Waals surface area contributed by atoms with Crippen molar-refractivity contribution in [2.75, 3.05) is 39.0 Å². The van der Waals surface area contributed by atoms with Crippen molar-refractivity contribution in [3.05, 3.63) is 12.2 Å². The third-order valence-corrected chi connectivity index (χ3v) is 3.67. The average molecular weight is 380 g/mol. The lowest BCUT2D eigenvalue weighted by Gasteiger charge is -2.31. The van der Waals surface area contributed by atoms with E-state index in [0.29, 0.717) is 37.5 Å². The van der Waals surface area contributed by atoms with E-state index in [1.807, 2.05) is 0 Å². The molecule has 0 aliphatic rings.